The number of carboxylic acids is 1. The third kappa shape index (κ3) is 3.04. The highest BCUT2D eigenvalue weighted by Gasteiger charge is 2.32. The third-order valence-corrected chi connectivity index (χ3v) is 1.72. The van der Waals surface area contributed by atoms with Crippen molar-refractivity contribution in [1.82, 2.24) is 4.98 Å². The van der Waals surface area contributed by atoms with Crippen LogP contribution in [-0.4, -0.2) is 21.8 Å². The highest BCUT2D eigenvalue weighted by atomic mass is 19.4. The minimum atomic E-state index is -4.55. The zero-order chi connectivity index (χ0) is 12.3. The van der Waals surface area contributed by atoms with Crippen molar-refractivity contribution in [2.24, 2.45) is 0 Å². The number of Topliss-reactive ketones (excluding diaryl/α,β-unsaturated/α-hetero) is 1. The van der Waals surface area contributed by atoms with Crippen LogP contribution in [0.1, 0.15) is 11.3 Å². The molecule has 1 aromatic heterocycles. The van der Waals surface area contributed by atoms with E-state index in [4.69, 9.17) is 5.11 Å². The molecule has 86 valence electrons. The molecule has 4 nitrogen and oxygen atoms in total. The molecule has 0 fully saturated rings. The van der Waals surface area contributed by atoms with Crippen LogP contribution in [0.2, 0.25) is 0 Å². The Morgan fingerprint density at radius 2 is 1.94 bits per heavy atom. The van der Waals surface area contributed by atoms with E-state index in [9.17, 15) is 22.8 Å². The van der Waals surface area contributed by atoms with Crippen molar-refractivity contribution in [2.75, 3.05) is 0 Å². The van der Waals surface area contributed by atoms with Gasteiger partial charge in [0.15, 0.2) is 0 Å². The standard InChI is InChI=1S/C9H6F3NO3/c10-9(11,12)7-2-1-5(4-13-7)3-6(14)8(15)16/h1-2,4H,3H2,(H,15,16). The maximum absolute atomic E-state index is 12.1. The number of carbonyl (C=O) groups excluding carboxylic acids is 1. The van der Waals surface area contributed by atoms with Gasteiger partial charge in [-0.3, -0.25) is 9.78 Å². The number of nitrogens with zero attached hydrogens (tertiary/aromatic N) is 1. The van der Waals surface area contributed by atoms with Crippen LogP contribution in [0, 0.1) is 0 Å². The molecule has 7 heteroatoms. The molecule has 0 radical (unpaired) electrons. The molecule has 0 aromatic carbocycles. The van der Waals surface area contributed by atoms with Gasteiger partial charge in [0, 0.05) is 12.6 Å². The normalized spacial score (nSPS) is 11.2. The second-order valence-electron chi connectivity index (χ2n) is 2.95. The van der Waals surface area contributed by atoms with E-state index in [0.29, 0.717) is 6.07 Å². The SMILES string of the molecule is O=C(O)C(=O)Cc1ccc(C(F)(F)F)nc1. The molecule has 1 N–H and O–H groups in total. The Morgan fingerprint density at radius 3 is 2.31 bits per heavy atom. The number of pyridine rings is 1. The zero-order valence-electron chi connectivity index (χ0n) is 7.78. The molecule has 0 saturated heterocycles. The summed E-state index contributed by atoms with van der Waals surface area (Å²) in [5.74, 6) is -2.72. The van der Waals surface area contributed by atoms with Gasteiger partial charge in [-0.2, -0.15) is 13.2 Å². The monoisotopic (exact) mass is 233 g/mol. The second kappa shape index (κ2) is 4.30. The third-order valence-electron chi connectivity index (χ3n) is 1.72. The number of hydrogen-bond acceptors (Lipinski definition) is 3. The molecule has 0 aliphatic heterocycles. The number of alkyl halides is 3. The van der Waals surface area contributed by atoms with Gasteiger partial charge in [0.05, 0.1) is 0 Å². The summed E-state index contributed by atoms with van der Waals surface area (Å²) in [5.41, 5.74) is -0.959. The summed E-state index contributed by atoms with van der Waals surface area (Å²) in [6, 6.07) is 1.72. The van der Waals surface area contributed by atoms with Crippen LogP contribution in [0.4, 0.5) is 13.2 Å². The largest absolute Gasteiger partial charge is 0.475 e. The van der Waals surface area contributed by atoms with Crippen LogP contribution < -0.4 is 0 Å². The quantitative estimate of drug-likeness (QED) is 0.799. The molecular weight excluding hydrogens is 227 g/mol. The molecule has 1 rings (SSSR count). The Kier molecular flexibility index (Phi) is 3.26. The molecular formula is C9H6F3NO3. The van der Waals surface area contributed by atoms with E-state index >= 15 is 0 Å². The molecule has 0 spiro atoms. The van der Waals surface area contributed by atoms with Crippen LogP contribution >= 0.6 is 0 Å². The average molecular weight is 233 g/mol. The zero-order valence-corrected chi connectivity index (χ0v) is 7.78. The maximum Gasteiger partial charge on any atom is 0.433 e. The lowest BCUT2D eigenvalue weighted by molar-refractivity contribution is -0.148. The average Bonchev–Trinajstić information content (AvgIpc) is 2.17. The number of aromatic nitrogens is 1. The van der Waals surface area contributed by atoms with Crippen LogP contribution in [-0.2, 0) is 22.2 Å². The molecule has 1 heterocycles. The molecule has 0 saturated carbocycles. The van der Waals surface area contributed by atoms with E-state index in [-0.39, 0.29) is 5.56 Å². The first kappa shape index (κ1) is 12.2. The summed E-state index contributed by atoms with van der Waals surface area (Å²) in [4.78, 5) is 24.0. The van der Waals surface area contributed by atoms with Gasteiger partial charge < -0.3 is 5.11 Å². The van der Waals surface area contributed by atoms with E-state index in [1.807, 2.05) is 0 Å². The summed E-state index contributed by atoms with van der Waals surface area (Å²) < 4.78 is 36.3. The highest BCUT2D eigenvalue weighted by Crippen LogP contribution is 2.27. The van der Waals surface area contributed by atoms with Crippen molar-refractivity contribution >= 4 is 11.8 Å². The van der Waals surface area contributed by atoms with E-state index in [2.05, 4.69) is 4.98 Å². The molecule has 0 unspecified atom stereocenters. The first-order chi connectivity index (χ1) is 7.30. The Labute approximate surface area is 87.7 Å². The molecule has 16 heavy (non-hydrogen) atoms. The Balaban J connectivity index is 2.80. The number of aliphatic carboxylic acids is 1. The number of rotatable bonds is 3. The Morgan fingerprint density at radius 1 is 1.31 bits per heavy atom. The number of carboxylic acid groups (broad SMARTS) is 1. The fourth-order valence-electron chi connectivity index (χ4n) is 0.958. The molecule has 0 bridgehead atoms. The van der Waals surface area contributed by atoms with E-state index in [1.54, 1.807) is 0 Å². The minimum absolute atomic E-state index is 0.125. The van der Waals surface area contributed by atoms with Gasteiger partial charge >= 0.3 is 12.1 Å². The van der Waals surface area contributed by atoms with Crippen molar-refractivity contribution < 1.29 is 27.9 Å². The predicted molar refractivity (Wildman–Crippen MR) is 45.6 cm³/mol. The van der Waals surface area contributed by atoms with Crippen molar-refractivity contribution in [3.8, 4) is 0 Å². The highest BCUT2D eigenvalue weighted by molar-refractivity contribution is 6.33. The van der Waals surface area contributed by atoms with Crippen molar-refractivity contribution in [3.05, 3.63) is 29.6 Å². The topological polar surface area (TPSA) is 67.3 Å². The van der Waals surface area contributed by atoms with E-state index in [1.165, 1.54) is 0 Å². The lowest BCUT2D eigenvalue weighted by Gasteiger charge is -2.05. The fourth-order valence-corrected chi connectivity index (χ4v) is 0.958. The molecule has 0 aliphatic rings. The smallest absolute Gasteiger partial charge is 0.433 e. The predicted octanol–water partition coefficient (Wildman–Crippen LogP) is 1.30. The maximum atomic E-state index is 12.1. The van der Waals surface area contributed by atoms with Gasteiger partial charge in [0.25, 0.3) is 0 Å². The van der Waals surface area contributed by atoms with Gasteiger partial charge in [-0.15, -0.1) is 0 Å². The van der Waals surface area contributed by atoms with Crippen LogP contribution in [0.3, 0.4) is 0 Å². The lowest BCUT2D eigenvalue weighted by Crippen LogP contribution is -2.15. The first-order valence-electron chi connectivity index (χ1n) is 4.09. The summed E-state index contributed by atoms with van der Waals surface area (Å²) in [6.07, 6.45) is -4.18. The van der Waals surface area contributed by atoms with E-state index < -0.39 is 30.0 Å². The summed E-state index contributed by atoms with van der Waals surface area (Å²) >= 11 is 0. The first-order valence-corrected chi connectivity index (χ1v) is 4.09. The fraction of sp³-hybridized carbons (Fsp3) is 0.222. The number of halogens is 3. The van der Waals surface area contributed by atoms with E-state index in [0.717, 1.165) is 12.3 Å². The molecule has 1 aromatic rings. The van der Waals surface area contributed by atoms with Crippen molar-refractivity contribution in [2.45, 2.75) is 12.6 Å². The number of hydrogen-bond donors (Lipinski definition) is 1. The lowest BCUT2D eigenvalue weighted by atomic mass is 10.1. The van der Waals surface area contributed by atoms with Crippen LogP contribution in [0.5, 0.6) is 0 Å². The van der Waals surface area contributed by atoms with Gasteiger partial charge in [-0.05, 0) is 11.6 Å². The van der Waals surface area contributed by atoms with Gasteiger partial charge in [0.1, 0.15) is 5.69 Å². The summed E-state index contributed by atoms with van der Waals surface area (Å²) in [7, 11) is 0. The molecule has 0 atom stereocenters. The van der Waals surface area contributed by atoms with Crippen LogP contribution in [0.25, 0.3) is 0 Å². The second-order valence-corrected chi connectivity index (χ2v) is 2.95. The number of ketones is 1. The number of carbonyl (C=O) groups is 2. The molecule has 0 amide bonds. The summed E-state index contributed by atoms with van der Waals surface area (Å²) in [5, 5.41) is 8.28. The summed E-state index contributed by atoms with van der Waals surface area (Å²) in [6.45, 7) is 0. The van der Waals surface area contributed by atoms with Gasteiger partial charge in [-0.25, -0.2) is 4.79 Å². The van der Waals surface area contributed by atoms with Gasteiger partial charge in [0.2, 0.25) is 5.78 Å². The van der Waals surface area contributed by atoms with Crippen molar-refractivity contribution in [3.63, 3.8) is 0 Å². The van der Waals surface area contributed by atoms with Gasteiger partial charge in [-0.1, -0.05) is 6.07 Å². The van der Waals surface area contributed by atoms with Crippen LogP contribution in [0.15, 0.2) is 18.3 Å². The minimum Gasteiger partial charge on any atom is -0.475 e. The van der Waals surface area contributed by atoms with Crippen molar-refractivity contribution in [1.29, 1.82) is 0 Å². The Bertz CT molecular complexity index is 411. The molecule has 0 aliphatic carbocycles. The Hall–Kier alpha value is -1.92.